The van der Waals surface area contributed by atoms with Crippen LogP contribution in [0, 0.1) is 0 Å². The Labute approximate surface area is 115 Å². The summed E-state index contributed by atoms with van der Waals surface area (Å²) in [4.78, 5) is 28.0. The van der Waals surface area contributed by atoms with Gasteiger partial charge in [-0.1, -0.05) is 18.3 Å². The van der Waals surface area contributed by atoms with Crippen molar-refractivity contribution in [3.05, 3.63) is 11.1 Å². The fourth-order valence-corrected chi connectivity index (χ4v) is 2.85. The van der Waals surface area contributed by atoms with Crippen LogP contribution in [-0.2, 0) is 4.79 Å². The Morgan fingerprint density at radius 1 is 1.68 bits per heavy atom. The number of ether oxygens (including phenoxy) is 1. The molecule has 104 valence electrons. The second-order valence-corrected chi connectivity index (χ2v) is 5.16. The molecule has 1 amide bonds. The molecule has 1 aliphatic heterocycles. The molecule has 1 aliphatic rings. The molecule has 1 atom stereocenters. The molecule has 19 heavy (non-hydrogen) atoms. The normalized spacial score (nSPS) is 18.9. The maximum Gasteiger partial charge on any atom is 0.355 e. The molecule has 2 heterocycles. The van der Waals surface area contributed by atoms with Crippen LogP contribution in [0.4, 0.5) is 0 Å². The molecule has 0 radical (unpaired) electrons. The first-order valence-corrected chi connectivity index (χ1v) is 7.11. The van der Waals surface area contributed by atoms with Crippen LogP contribution in [0.25, 0.3) is 0 Å². The van der Waals surface area contributed by atoms with Crippen molar-refractivity contribution in [3.63, 3.8) is 0 Å². The zero-order chi connectivity index (χ0) is 13.8. The maximum absolute atomic E-state index is 11.7. The number of hydrogen-bond acceptors (Lipinski definition) is 5. The van der Waals surface area contributed by atoms with Crippen molar-refractivity contribution in [1.29, 1.82) is 0 Å². The number of carboxylic acids is 1. The van der Waals surface area contributed by atoms with Gasteiger partial charge >= 0.3 is 5.97 Å². The van der Waals surface area contributed by atoms with Gasteiger partial charge in [0.05, 0.1) is 6.54 Å². The molecular formula is C12H16N2O4S. The van der Waals surface area contributed by atoms with Gasteiger partial charge in [0.2, 0.25) is 5.91 Å². The molecule has 1 saturated heterocycles. The summed E-state index contributed by atoms with van der Waals surface area (Å²) >= 11 is 1.15. The van der Waals surface area contributed by atoms with E-state index >= 15 is 0 Å². The second-order valence-electron chi connectivity index (χ2n) is 4.34. The summed E-state index contributed by atoms with van der Waals surface area (Å²) in [5, 5.41) is 10.5. The predicted octanol–water partition coefficient (Wildman–Crippen LogP) is 1.62. The second kappa shape index (κ2) is 6.01. The number of aromatic nitrogens is 1. The Morgan fingerprint density at radius 2 is 2.47 bits per heavy atom. The van der Waals surface area contributed by atoms with Crippen LogP contribution in [0.15, 0.2) is 5.38 Å². The summed E-state index contributed by atoms with van der Waals surface area (Å²) in [5.41, 5.74) is -0.0105. The third-order valence-corrected chi connectivity index (χ3v) is 3.94. The van der Waals surface area contributed by atoms with Crippen molar-refractivity contribution in [2.45, 2.75) is 32.2 Å². The van der Waals surface area contributed by atoms with Gasteiger partial charge in [0.15, 0.2) is 5.69 Å². The average molecular weight is 284 g/mol. The van der Waals surface area contributed by atoms with Crippen LogP contribution < -0.4 is 4.74 Å². The molecule has 1 fully saturated rings. The number of aromatic carboxylic acids is 1. The minimum Gasteiger partial charge on any atom is -0.476 e. The summed E-state index contributed by atoms with van der Waals surface area (Å²) in [7, 11) is 0. The summed E-state index contributed by atoms with van der Waals surface area (Å²) in [6.07, 6.45) is 2.47. The maximum atomic E-state index is 11.7. The molecule has 1 aromatic rings. The van der Waals surface area contributed by atoms with Gasteiger partial charge in [0, 0.05) is 17.8 Å². The molecule has 7 heteroatoms. The van der Waals surface area contributed by atoms with E-state index in [9.17, 15) is 9.59 Å². The number of carboxylic acid groups (broad SMARTS) is 1. The highest BCUT2D eigenvalue weighted by atomic mass is 32.1. The van der Waals surface area contributed by atoms with Crippen molar-refractivity contribution >= 4 is 23.2 Å². The average Bonchev–Trinajstić information content (AvgIpc) is 2.98. The van der Waals surface area contributed by atoms with Crippen LogP contribution in [0.1, 0.15) is 36.7 Å². The van der Waals surface area contributed by atoms with E-state index in [2.05, 4.69) is 11.9 Å². The van der Waals surface area contributed by atoms with E-state index in [1.54, 1.807) is 0 Å². The van der Waals surface area contributed by atoms with E-state index in [-0.39, 0.29) is 11.6 Å². The third-order valence-electron chi connectivity index (χ3n) is 3.18. The lowest BCUT2D eigenvalue weighted by Gasteiger charge is -2.23. The summed E-state index contributed by atoms with van der Waals surface area (Å²) < 4.78 is 5.39. The quantitative estimate of drug-likeness (QED) is 0.858. The highest BCUT2D eigenvalue weighted by molar-refractivity contribution is 7.11. The molecule has 1 N–H and O–H groups in total. The molecule has 1 unspecified atom stereocenters. The first kappa shape index (κ1) is 13.8. The lowest BCUT2D eigenvalue weighted by molar-refractivity contribution is -0.129. The number of amides is 1. The Bertz CT molecular complexity index is 474. The van der Waals surface area contributed by atoms with Crippen LogP contribution in [0.5, 0.6) is 5.19 Å². The van der Waals surface area contributed by atoms with Crippen LogP contribution >= 0.6 is 11.3 Å². The lowest BCUT2D eigenvalue weighted by atomic mass is 10.2. The van der Waals surface area contributed by atoms with E-state index in [1.165, 1.54) is 5.38 Å². The topological polar surface area (TPSA) is 79.7 Å². The number of thiazole rings is 1. The Morgan fingerprint density at radius 3 is 3.11 bits per heavy atom. The van der Waals surface area contributed by atoms with Crippen LogP contribution in [0.2, 0.25) is 0 Å². The van der Waals surface area contributed by atoms with Gasteiger partial charge in [0.25, 0.3) is 5.19 Å². The van der Waals surface area contributed by atoms with E-state index in [1.807, 2.05) is 4.90 Å². The summed E-state index contributed by atoms with van der Waals surface area (Å²) in [5.74, 6) is -0.896. The molecular weight excluding hydrogens is 268 g/mol. The molecule has 1 aromatic heterocycles. The highest BCUT2D eigenvalue weighted by Crippen LogP contribution is 2.22. The first-order valence-electron chi connectivity index (χ1n) is 6.23. The van der Waals surface area contributed by atoms with Crippen molar-refractivity contribution in [3.8, 4) is 5.19 Å². The molecule has 0 spiro atoms. The zero-order valence-electron chi connectivity index (χ0n) is 10.7. The smallest absolute Gasteiger partial charge is 0.355 e. The van der Waals surface area contributed by atoms with E-state index in [0.29, 0.717) is 30.8 Å². The predicted molar refractivity (Wildman–Crippen MR) is 69.6 cm³/mol. The monoisotopic (exact) mass is 284 g/mol. The Kier molecular flexibility index (Phi) is 4.36. The number of carbonyl (C=O) groups excluding carboxylic acids is 1. The van der Waals surface area contributed by atoms with Crippen molar-refractivity contribution in [2.75, 3.05) is 13.2 Å². The molecule has 6 nitrogen and oxygen atoms in total. The van der Waals surface area contributed by atoms with Gasteiger partial charge in [0.1, 0.15) is 6.61 Å². The van der Waals surface area contributed by atoms with Gasteiger partial charge < -0.3 is 14.7 Å². The fraction of sp³-hybridized carbons (Fsp3) is 0.583. The summed E-state index contributed by atoms with van der Waals surface area (Å²) in [6.45, 7) is 2.94. The van der Waals surface area contributed by atoms with Crippen molar-refractivity contribution in [2.24, 2.45) is 0 Å². The van der Waals surface area contributed by atoms with Crippen LogP contribution in [0.3, 0.4) is 0 Å². The number of nitrogens with zero attached hydrogens (tertiary/aromatic N) is 2. The number of hydrogen-bond donors (Lipinski definition) is 1. The molecule has 0 aromatic carbocycles. The highest BCUT2D eigenvalue weighted by Gasteiger charge is 2.29. The molecule has 0 aliphatic carbocycles. The molecule has 0 bridgehead atoms. The largest absolute Gasteiger partial charge is 0.476 e. The van der Waals surface area contributed by atoms with Gasteiger partial charge in [-0.2, -0.15) is 4.98 Å². The fourth-order valence-electron chi connectivity index (χ4n) is 2.18. The zero-order valence-corrected chi connectivity index (χ0v) is 11.5. The van der Waals surface area contributed by atoms with Gasteiger partial charge in [-0.3, -0.25) is 4.79 Å². The van der Waals surface area contributed by atoms with Gasteiger partial charge in [-0.15, -0.1) is 0 Å². The SMILES string of the molecule is CCC1CCC(=O)N1CCOc1nc(C(=O)O)cs1. The minimum atomic E-state index is -1.06. The van der Waals surface area contributed by atoms with E-state index in [0.717, 1.165) is 24.2 Å². The number of likely N-dealkylation sites (tertiary alicyclic amines) is 1. The number of rotatable bonds is 6. The van der Waals surface area contributed by atoms with Crippen LogP contribution in [-0.4, -0.2) is 46.1 Å². The van der Waals surface area contributed by atoms with Gasteiger partial charge in [-0.25, -0.2) is 4.79 Å². The molecule has 2 rings (SSSR count). The lowest BCUT2D eigenvalue weighted by Crippen LogP contribution is -2.35. The molecule has 0 saturated carbocycles. The third kappa shape index (κ3) is 3.23. The standard InChI is InChI=1S/C12H16N2O4S/c1-2-8-3-4-10(15)14(8)5-6-18-12-13-9(7-19-12)11(16)17/h7-8H,2-6H2,1H3,(H,16,17). The Hall–Kier alpha value is -1.63. The Balaban J connectivity index is 1.82. The first-order chi connectivity index (χ1) is 9.11. The summed E-state index contributed by atoms with van der Waals surface area (Å²) in [6, 6.07) is 0.307. The number of carbonyl (C=O) groups is 2. The van der Waals surface area contributed by atoms with E-state index < -0.39 is 5.97 Å². The van der Waals surface area contributed by atoms with Crippen molar-refractivity contribution < 1.29 is 19.4 Å². The van der Waals surface area contributed by atoms with Gasteiger partial charge in [-0.05, 0) is 12.8 Å². The van der Waals surface area contributed by atoms with Crippen molar-refractivity contribution in [1.82, 2.24) is 9.88 Å². The minimum absolute atomic E-state index is 0.0105. The van der Waals surface area contributed by atoms with E-state index in [4.69, 9.17) is 9.84 Å².